The maximum atomic E-state index is 11.6. The highest BCUT2D eigenvalue weighted by atomic mass is 127. The van der Waals surface area contributed by atoms with E-state index in [0.717, 1.165) is 22.0 Å². The summed E-state index contributed by atoms with van der Waals surface area (Å²) in [6.07, 6.45) is 1.58. The number of anilines is 1. The van der Waals surface area contributed by atoms with Crippen LogP contribution in [0.4, 0.5) is 5.69 Å². The summed E-state index contributed by atoms with van der Waals surface area (Å²) in [5, 5.41) is -0.169. The van der Waals surface area contributed by atoms with Crippen molar-refractivity contribution in [1.29, 1.82) is 0 Å². The molecule has 0 bridgehead atoms. The average molecular weight is 337 g/mol. The van der Waals surface area contributed by atoms with Crippen molar-refractivity contribution in [2.75, 3.05) is 4.72 Å². The van der Waals surface area contributed by atoms with Crippen LogP contribution in [0.3, 0.4) is 0 Å². The lowest BCUT2D eigenvalue weighted by molar-refractivity contribution is 0.600. The van der Waals surface area contributed by atoms with Crippen molar-refractivity contribution >= 4 is 38.3 Å². The lowest BCUT2D eigenvalue weighted by atomic mass is 10.2. The van der Waals surface area contributed by atoms with E-state index in [2.05, 4.69) is 27.3 Å². The Morgan fingerprint density at radius 1 is 1.40 bits per heavy atom. The van der Waals surface area contributed by atoms with E-state index in [-0.39, 0.29) is 5.25 Å². The van der Waals surface area contributed by atoms with Gasteiger partial charge in [-0.3, -0.25) is 4.72 Å². The SMILES string of the molecule is Cc1cc(NS(=O)(=O)C2CC2)ccc1I. The third-order valence-electron chi connectivity index (χ3n) is 2.38. The molecular formula is C10H12INO2S. The Labute approximate surface area is 103 Å². The molecule has 0 unspecified atom stereocenters. The van der Waals surface area contributed by atoms with Crippen LogP contribution in [0.25, 0.3) is 0 Å². The van der Waals surface area contributed by atoms with E-state index < -0.39 is 10.0 Å². The van der Waals surface area contributed by atoms with Crippen LogP contribution in [-0.2, 0) is 10.0 Å². The van der Waals surface area contributed by atoms with Gasteiger partial charge in [-0.15, -0.1) is 0 Å². The molecule has 0 aromatic heterocycles. The summed E-state index contributed by atoms with van der Waals surface area (Å²) < 4.78 is 27.0. The van der Waals surface area contributed by atoms with Crippen molar-refractivity contribution in [2.45, 2.75) is 25.0 Å². The third kappa shape index (κ3) is 2.63. The largest absolute Gasteiger partial charge is 0.283 e. The van der Waals surface area contributed by atoms with Crippen molar-refractivity contribution in [2.24, 2.45) is 0 Å². The molecule has 5 heteroatoms. The summed E-state index contributed by atoms with van der Waals surface area (Å²) in [6.45, 7) is 1.97. The Kier molecular flexibility index (Phi) is 2.94. The monoisotopic (exact) mass is 337 g/mol. The molecule has 1 aromatic rings. The normalized spacial score (nSPS) is 16.4. The standard InChI is InChI=1S/C10H12INO2S/c1-7-6-8(2-5-10(7)11)12-15(13,14)9-3-4-9/h2,5-6,9,12H,3-4H2,1H3. The number of hydrogen-bond acceptors (Lipinski definition) is 2. The van der Waals surface area contributed by atoms with E-state index >= 15 is 0 Å². The molecule has 1 fully saturated rings. The highest BCUT2D eigenvalue weighted by Gasteiger charge is 2.35. The van der Waals surface area contributed by atoms with Crippen LogP contribution in [0, 0.1) is 10.5 Å². The predicted octanol–water partition coefficient (Wildman–Crippen LogP) is 2.50. The number of halogens is 1. The van der Waals surface area contributed by atoms with Crippen molar-refractivity contribution in [3.63, 3.8) is 0 Å². The van der Waals surface area contributed by atoms with Crippen molar-refractivity contribution in [1.82, 2.24) is 0 Å². The van der Waals surface area contributed by atoms with E-state index in [0.29, 0.717) is 5.69 Å². The summed E-state index contributed by atoms with van der Waals surface area (Å²) in [7, 11) is -3.12. The summed E-state index contributed by atoms with van der Waals surface area (Å²) in [6, 6.07) is 5.58. The van der Waals surface area contributed by atoms with Gasteiger partial charge in [0.2, 0.25) is 10.0 Å². The van der Waals surface area contributed by atoms with E-state index in [4.69, 9.17) is 0 Å². The first-order valence-corrected chi connectivity index (χ1v) is 7.39. The molecule has 3 nitrogen and oxygen atoms in total. The van der Waals surface area contributed by atoms with Crippen LogP contribution in [0.2, 0.25) is 0 Å². The molecule has 1 aliphatic carbocycles. The van der Waals surface area contributed by atoms with E-state index in [1.165, 1.54) is 0 Å². The van der Waals surface area contributed by atoms with Gasteiger partial charge in [0.15, 0.2) is 0 Å². The van der Waals surface area contributed by atoms with Crippen LogP contribution in [0.5, 0.6) is 0 Å². The number of nitrogens with one attached hydrogen (secondary N) is 1. The maximum Gasteiger partial charge on any atom is 0.235 e. The number of benzene rings is 1. The molecule has 1 aromatic carbocycles. The quantitative estimate of drug-likeness (QED) is 0.862. The minimum absolute atomic E-state index is 0.169. The molecule has 1 N–H and O–H groups in total. The average Bonchev–Trinajstić information content (AvgIpc) is 2.93. The van der Waals surface area contributed by atoms with Gasteiger partial charge in [0, 0.05) is 9.26 Å². The fraction of sp³-hybridized carbons (Fsp3) is 0.400. The Morgan fingerprint density at radius 3 is 2.60 bits per heavy atom. The van der Waals surface area contributed by atoms with E-state index in [1.54, 1.807) is 6.07 Å². The van der Waals surface area contributed by atoms with Gasteiger partial charge in [-0.05, 0) is 66.1 Å². The molecule has 0 aliphatic heterocycles. The fourth-order valence-electron chi connectivity index (χ4n) is 1.33. The molecule has 1 aliphatic rings. The molecule has 0 amide bonds. The van der Waals surface area contributed by atoms with E-state index in [1.807, 2.05) is 19.1 Å². The van der Waals surface area contributed by atoms with Gasteiger partial charge in [-0.25, -0.2) is 8.42 Å². The highest BCUT2D eigenvalue weighted by Crippen LogP contribution is 2.30. The lowest BCUT2D eigenvalue weighted by Gasteiger charge is -2.08. The Morgan fingerprint density at radius 2 is 2.07 bits per heavy atom. The number of rotatable bonds is 3. The topological polar surface area (TPSA) is 46.2 Å². The van der Waals surface area contributed by atoms with Crippen LogP contribution in [-0.4, -0.2) is 13.7 Å². The Hall–Kier alpha value is -0.300. The van der Waals surface area contributed by atoms with Gasteiger partial charge in [0.05, 0.1) is 5.25 Å². The first kappa shape index (κ1) is 11.2. The number of hydrogen-bond donors (Lipinski definition) is 1. The van der Waals surface area contributed by atoms with Crippen LogP contribution in [0.1, 0.15) is 18.4 Å². The molecule has 15 heavy (non-hydrogen) atoms. The summed E-state index contributed by atoms with van der Waals surface area (Å²) in [5.74, 6) is 0. The number of aryl methyl sites for hydroxylation is 1. The Bertz CT molecular complexity index is 480. The third-order valence-corrected chi connectivity index (χ3v) is 5.46. The first-order valence-electron chi connectivity index (χ1n) is 4.77. The molecule has 82 valence electrons. The molecule has 2 rings (SSSR count). The molecule has 0 saturated heterocycles. The summed E-state index contributed by atoms with van der Waals surface area (Å²) >= 11 is 2.23. The smallest absolute Gasteiger partial charge is 0.235 e. The summed E-state index contributed by atoms with van der Waals surface area (Å²) in [4.78, 5) is 0. The van der Waals surface area contributed by atoms with Gasteiger partial charge in [0.1, 0.15) is 0 Å². The second-order valence-electron chi connectivity index (χ2n) is 3.81. The molecule has 0 radical (unpaired) electrons. The molecule has 0 spiro atoms. The second-order valence-corrected chi connectivity index (χ2v) is 6.93. The summed E-state index contributed by atoms with van der Waals surface area (Å²) in [5.41, 5.74) is 1.76. The van der Waals surface area contributed by atoms with Crippen molar-refractivity contribution in [3.8, 4) is 0 Å². The minimum atomic E-state index is -3.12. The highest BCUT2D eigenvalue weighted by molar-refractivity contribution is 14.1. The van der Waals surface area contributed by atoms with Crippen molar-refractivity contribution in [3.05, 3.63) is 27.3 Å². The Balaban J connectivity index is 2.21. The van der Waals surface area contributed by atoms with E-state index in [9.17, 15) is 8.42 Å². The predicted molar refractivity (Wildman–Crippen MR) is 69.5 cm³/mol. The van der Waals surface area contributed by atoms with Gasteiger partial charge < -0.3 is 0 Å². The fourth-order valence-corrected chi connectivity index (χ4v) is 3.05. The van der Waals surface area contributed by atoms with Gasteiger partial charge in [-0.2, -0.15) is 0 Å². The lowest BCUT2D eigenvalue weighted by Crippen LogP contribution is -2.17. The van der Waals surface area contributed by atoms with Crippen LogP contribution < -0.4 is 4.72 Å². The molecule has 1 saturated carbocycles. The molecule has 0 atom stereocenters. The second kappa shape index (κ2) is 3.93. The van der Waals surface area contributed by atoms with Gasteiger partial charge in [0.25, 0.3) is 0 Å². The molecule has 0 heterocycles. The zero-order valence-corrected chi connectivity index (χ0v) is 11.3. The van der Waals surface area contributed by atoms with Crippen LogP contribution in [0.15, 0.2) is 18.2 Å². The molecular weight excluding hydrogens is 325 g/mol. The van der Waals surface area contributed by atoms with Crippen molar-refractivity contribution < 1.29 is 8.42 Å². The minimum Gasteiger partial charge on any atom is -0.283 e. The number of sulfonamides is 1. The van der Waals surface area contributed by atoms with Gasteiger partial charge in [-0.1, -0.05) is 0 Å². The maximum absolute atomic E-state index is 11.6. The zero-order valence-electron chi connectivity index (χ0n) is 8.33. The first-order chi connectivity index (χ1) is 6.99. The van der Waals surface area contributed by atoms with Crippen LogP contribution >= 0.6 is 22.6 Å². The zero-order chi connectivity index (χ0) is 11.1. The van der Waals surface area contributed by atoms with Gasteiger partial charge >= 0.3 is 0 Å².